The van der Waals surface area contributed by atoms with Gasteiger partial charge in [-0.15, -0.1) is 0 Å². The van der Waals surface area contributed by atoms with E-state index < -0.39 is 0 Å². The maximum atomic E-state index is 14.2. The summed E-state index contributed by atoms with van der Waals surface area (Å²) in [5.74, 6) is 1.68. The molecule has 1 saturated heterocycles. The summed E-state index contributed by atoms with van der Waals surface area (Å²) >= 11 is 0. The lowest BCUT2D eigenvalue weighted by Crippen LogP contribution is -2.41. The number of hydrogen-bond acceptors (Lipinski definition) is 3. The van der Waals surface area contributed by atoms with Gasteiger partial charge in [-0.1, -0.05) is 18.2 Å². The molecule has 1 aromatic heterocycles. The molecule has 2 fully saturated rings. The largest absolute Gasteiger partial charge is 0.357 e. The van der Waals surface area contributed by atoms with Crippen LogP contribution in [0.4, 0.5) is 10.2 Å². The minimum atomic E-state index is -0.115. The summed E-state index contributed by atoms with van der Waals surface area (Å²) < 4.78 is 14.2. The third kappa shape index (κ3) is 4.11. The summed E-state index contributed by atoms with van der Waals surface area (Å²) in [6, 6.07) is 11.3. The molecule has 5 nitrogen and oxygen atoms in total. The molecule has 0 amide bonds. The fourth-order valence-corrected chi connectivity index (χ4v) is 3.93. The molecule has 1 aliphatic heterocycles. The van der Waals surface area contributed by atoms with Gasteiger partial charge in [0.15, 0.2) is 5.96 Å². The Morgan fingerprint density at radius 2 is 1.96 bits per heavy atom. The quantitative estimate of drug-likeness (QED) is 0.596. The van der Waals surface area contributed by atoms with E-state index in [0.29, 0.717) is 13.1 Å². The van der Waals surface area contributed by atoms with E-state index in [1.165, 1.54) is 18.4 Å². The van der Waals surface area contributed by atoms with Crippen LogP contribution in [0.25, 0.3) is 0 Å². The lowest BCUT2D eigenvalue weighted by molar-refractivity contribution is 0.559. The summed E-state index contributed by atoms with van der Waals surface area (Å²) in [5, 5.41) is 6.75. The zero-order valence-electron chi connectivity index (χ0n) is 16.4. The van der Waals surface area contributed by atoms with Gasteiger partial charge in [0.25, 0.3) is 0 Å². The Morgan fingerprint density at radius 3 is 2.68 bits per heavy atom. The summed E-state index contributed by atoms with van der Waals surface area (Å²) in [6.07, 6.45) is 6.36. The van der Waals surface area contributed by atoms with Crippen LogP contribution in [0, 0.1) is 5.82 Å². The predicted molar refractivity (Wildman–Crippen MR) is 111 cm³/mol. The Hall–Kier alpha value is -2.63. The van der Waals surface area contributed by atoms with Crippen molar-refractivity contribution >= 4 is 11.8 Å². The minimum Gasteiger partial charge on any atom is -0.357 e. The molecule has 2 N–H and O–H groups in total. The molecule has 1 aliphatic carbocycles. The van der Waals surface area contributed by atoms with Gasteiger partial charge in [-0.3, -0.25) is 4.99 Å². The lowest BCUT2D eigenvalue weighted by Gasteiger charge is -2.20. The first kappa shape index (κ1) is 18.7. The SMILES string of the molecule is CN=C(NCc1ccnc(N2CCCC2)c1)NCC1(c2ccccc2F)CC1. The van der Waals surface area contributed by atoms with Gasteiger partial charge in [-0.25, -0.2) is 9.37 Å². The Morgan fingerprint density at radius 1 is 1.18 bits per heavy atom. The van der Waals surface area contributed by atoms with E-state index in [1.807, 2.05) is 24.4 Å². The normalized spacial score (nSPS) is 18.2. The van der Waals surface area contributed by atoms with Crippen molar-refractivity contribution in [3.8, 4) is 0 Å². The average molecular weight is 381 g/mol. The predicted octanol–water partition coefficient (Wildman–Crippen LogP) is 3.22. The van der Waals surface area contributed by atoms with Crippen molar-refractivity contribution in [3.05, 3.63) is 59.5 Å². The van der Waals surface area contributed by atoms with E-state index in [2.05, 4.69) is 31.6 Å². The molecule has 0 bridgehead atoms. The molecule has 0 unspecified atom stereocenters. The smallest absolute Gasteiger partial charge is 0.191 e. The number of rotatable bonds is 6. The summed E-state index contributed by atoms with van der Waals surface area (Å²) in [4.78, 5) is 11.2. The molecule has 0 radical (unpaired) electrons. The van der Waals surface area contributed by atoms with Crippen LogP contribution in [-0.2, 0) is 12.0 Å². The van der Waals surface area contributed by atoms with Crippen LogP contribution in [-0.4, -0.2) is 37.6 Å². The summed E-state index contributed by atoms with van der Waals surface area (Å²) in [6.45, 7) is 3.54. The van der Waals surface area contributed by atoms with Crippen molar-refractivity contribution in [2.45, 2.75) is 37.6 Å². The van der Waals surface area contributed by atoms with Crippen molar-refractivity contribution in [2.24, 2.45) is 4.99 Å². The van der Waals surface area contributed by atoms with Crippen molar-refractivity contribution in [3.63, 3.8) is 0 Å². The molecule has 28 heavy (non-hydrogen) atoms. The number of anilines is 1. The van der Waals surface area contributed by atoms with Crippen LogP contribution in [0.5, 0.6) is 0 Å². The minimum absolute atomic E-state index is 0.109. The number of guanidine groups is 1. The Labute approximate surface area is 166 Å². The van der Waals surface area contributed by atoms with Crippen LogP contribution in [0.3, 0.4) is 0 Å². The molecule has 2 heterocycles. The number of aromatic nitrogens is 1. The maximum Gasteiger partial charge on any atom is 0.191 e. The average Bonchev–Trinajstić information content (AvgIpc) is 3.30. The van der Waals surface area contributed by atoms with Gasteiger partial charge in [0.2, 0.25) is 0 Å². The van der Waals surface area contributed by atoms with Crippen LogP contribution in [0.15, 0.2) is 47.6 Å². The van der Waals surface area contributed by atoms with Crippen LogP contribution < -0.4 is 15.5 Å². The molecule has 148 valence electrons. The topological polar surface area (TPSA) is 52.6 Å². The van der Waals surface area contributed by atoms with Crippen molar-refractivity contribution in [1.29, 1.82) is 0 Å². The van der Waals surface area contributed by atoms with Gasteiger partial charge in [0.1, 0.15) is 11.6 Å². The Balaban J connectivity index is 1.33. The highest BCUT2D eigenvalue weighted by Gasteiger charge is 2.45. The highest BCUT2D eigenvalue weighted by molar-refractivity contribution is 5.79. The third-order valence-corrected chi connectivity index (χ3v) is 5.82. The summed E-state index contributed by atoms with van der Waals surface area (Å²) in [7, 11) is 1.76. The highest BCUT2D eigenvalue weighted by Crippen LogP contribution is 2.48. The van der Waals surface area contributed by atoms with Gasteiger partial charge in [-0.05, 0) is 55.0 Å². The fourth-order valence-electron chi connectivity index (χ4n) is 3.93. The van der Waals surface area contributed by atoms with Gasteiger partial charge in [0.05, 0.1) is 0 Å². The van der Waals surface area contributed by atoms with E-state index in [-0.39, 0.29) is 11.2 Å². The Bertz CT molecular complexity index is 840. The molecule has 4 rings (SSSR count). The zero-order valence-corrected chi connectivity index (χ0v) is 16.4. The number of nitrogens with one attached hydrogen (secondary N) is 2. The molecule has 6 heteroatoms. The Kier molecular flexibility index (Phi) is 5.46. The van der Waals surface area contributed by atoms with Crippen molar-refractivity contribution in [1.82, 2.24) is 15.6 Å². The van der Waals surface area contributed by atoms with Gasteiger partial charge in [-0.2, -0.15) is 0 Å². The second kappa shape index (κ2) is 8.17. The third-order valence-electron chi connectivity index (χ3n) is 5.82. The molecule has 2 aromatic rings. The van der Waals surface area contributed by atoms with E-state index >= 15 is 0 Å². The molecule has 1 aromatic carbocycles. The lowest BCUT2D eigenvalue weighted by atomic mass is 9.95. The van der Waals surface area contributed by atoms with Crippen molar-refractivity contribution < 1.29 is 4.39 Å². The van der Waals surface area contributed by atoms with Gasteiger partial charge in [0, 0.05) is 44.8 Å². The van der Waals surface area contributed by atoms with Gasteiger partial charge >= 0.3 is 0 Å². The highest BCUT2D eigenvalue weighted by atomic mass is 19.1. The van der Waals surface area contributed by atoms with E-state index in [0.717, 1.165) is 43.3 Å². The van der Waals surface area contributed by atoms with Crippen LogP contribution in [0.2, 0.25) is 0 Å². The number of hydrogen-bond donors (Lipinski definition) is 2. The standard InChI is InChI=1S/C22H28FN5/c1-24-21(27-16-22(9-10-22)18-6-2-3-7-19(18)23)26-15-17-8-11-25-20(14-17)28-12-4-5-13-28/h2-3,6-8,11,14H,4-5,9-10,12-13,15-16H2,1H3,(H2,24,26,27). The van der Waals surface area contributed by atoms with Crippen molar-refractivity contribution in [2.75, 3.05) is 31.6 Å². The number of aliphatic imine (C=N–C) groups is 1. The molecule has 0 spiro atoms. The number of halogens is 1. The van der Waals surface area contributed by atoms with Gasteiger partial charge < -0.3 is 15.5 Å². The first-order valence-corrected chi connectivity index (χ1v) is 10.1. The molecular weight excluding hydrogens is 353 g/mol. The number of pyridine rings is 1. The molecule has 1 saturated carbocycles. The maximum absolute atomic E-state index is 14.2. The fraction of sp³-hybridized carbons (Fsp3) is 0.455. The monoisotopic (exact) mass is 381 g/mol. The zero-order chi connectivity index (χ0) is 19.4. The molecule has 0 atom stereocenters. The van der Waals surface area contributed by atoms with E-state index in [1.54, 1.807) is 19.2 Å². The van der Waals surface area contributed by atoms with Crippen LogP contribution in [0.1, 0.15) is 36.8 Å². The second-order valence-electron chi connectivity index (χ2n) is 7.76. The molecular formula is C22H28FN5. The first-order valence-electron chi connectivity index (χ1n) is 10.1. The molecule has 2 aliphatic rings. The first-order chi connectivity index (χ1) is 13.7. The number of nitrogens with zero attached hydrogens (tertiary/aromatic N) is 3. The van der Waals surface area contributed by atoms with Crippen LogP contribution >= 0.6 is 0 Å². The summed E-state index contributed by atoms with van der Waals surface area (Å²) in [5.41, 5.74) is 1.88. The number of benzene rings is 1. The second-order valence-corrected chi connectivity index (χ2v) is 7.76. The van der Waals surface area contributed by atoms with E-state index in [9.17, 15) is 4.39 Å². The van der Waals surface area contributed by atoms with E-state index in [4.69, 9.17) is 0 Å².